The number of pyridine rings is 1. The minimum absolute atomic E-state index is 0.00176. The molecule has 2 heterocycles. The number of hydrogen-bond acceptors (Lipinski definition) is 6. The van der Waals surface area contributed by atoms with Crippen LogP contribution in [-0.2, 0) is 24.4 Å². The van der Waals surface area contributed by atoms with Crippen LogP contribution in [0.4, 0.5) is 8.78 Å². The van der Waals surface area contributed by atoms with Crippen molar-refractivity contribution >= 4 is 11.9 Å². The van der Waals surface area contributed by atoms with Gasteiger partial charge in [0.15, 0.2) is 11.4 Å². The number of carbonyl (C=O) groups excluding carboxylic acids is 1. The van der Waals surface area contributed by atoms with Gasteiger partial charge in [-0.05, 0) is 30.9 Å². The Bertz CT molecular complexity index is 1460. The van der Waals surface area contributed by atoms with Crippen LogP contribution in [0.15, 0.2) is 59.5 Å². The summed E-state index contributed by atoms with van der Waals surface area (Å²) in [6.45, 7) is 0.0665. The van der Waals surface area contributed by atoms with Crippen molar-refractivity contribution in [3.63, 3.8) is 0 Å². The van der Waals surface area contributed by atoms with Gasteiger partial charge in [0, 0.05) is 29.9 Å². The Balaban J connectivity index is 1.48. The summed E-state index contributed by atoms with van der Waals surface area (Å²) >= 11 is 0. The highest BCUT2D eigenvalue weighted by Gasteiger charge is 2.46. The van der Waals surface area contributed by atoms with E-state index in [-0.39, 0.29) is 36.4 Å². The second kappa shape index (κ2) is 11.0. The largest absolute Gasteiger partial charge is 0.482 e. The number of nitrogens with one attached hydrogen (secondary N) is 2. The fraction of sp³-hybridized carbons (Fsp3) is 0.321. The molecule has 1 atom stereocenters. The van der Waals surface area contributed by atoms with Crippen LogP contribution in [0.2, 0.25) is 0 Å². The Hall–Kier alpha value is -4.09. The lowest BCUT2D eigenvalue weighted by molar-refractivity contribution is -0.0335. The van der Waals surface area contributed by atoms with E-state index in [1.54, 1.807) is 30.3 Å². The predicted octanol–water partition coefficient (Wildman–Crippen LogP) is 3.20. The number of benzene rings is 2. The molecule has 3 N–H and O–H groups in total. The number of carbonyl (C=O) groups is 2. The first-order chi connectivity index (χ1) is 18.7. The highest BCUT2D eigenvalue weighted by Crippen LogP contribution is 2.41. The van der Waals surface area contributed by atoms with E-state index in [0.717, 1.165) is 31.5 Å². The molecule has 2 aromatic carbocycles. The Morgan fingerprint density at radius 3 is 2.62 bits per heavy atom. The molecule has 11 heteroatoms. The summed E-state index contributed by atoms with van der Waals surface area (Å²) in [5.41, 5.74) is -1.05. The third-order valence-electron chi connectivity index (χ3n) is 6.95. The second-order valence-corrected chi connectivity index (χ2v) is 9.73. The molecule has 1 aliphatic carbocycles. The number of halogens is 2. The number of hydrogen-bond donors (Lipinski definition) is 3. The standard InChI is InChI=1S/C28H27F2N3O6/c29-19-7-6-18(21(30)12-19)13-31-26(35)20-14-33(15-22-32-28(8-9-28)10-11-38-22)23(27(36)37)25(24(20)34)39-16-17-4-2-1-3-5-17/h1-7,12,14,22,32H,8-11,13,15-16H2,(H,31,35)(H,36,37)/t22-/m0/s1. The van der Waals surface area contributed by atoms with Crippen LogP contribution >= 0.6 is 0 Å². The maximum atomic E-state index is 14.1. The second-order valence-electron chi connectivity index (χ2n) is 9.73. The number of nitrogens with zero attached hydrogens (tertiary/aromatic N) is 1. The van der Waals surface area contributed by atoms with Crippen molar-refractivity contribution in [2.45, 2.75) is 50.7 Å². The molecule has 0 unspecified atom stereocenters. The summed E-state index contributed by atoms with van der Waals surface area (Å²) < 4.78 is 40.1. The fourth-order valence-electron chi connectivity index (χ4n) is 4.64. The van der Waals surface area contributed by atoms with Crippen molar-refractivity contribution < 1.29 is 33.0 Å². The molecule has 0 radical (unpaired) electrons. The summed E-state index contributed by atoms with van der Waals surface area (Å²) in [7, 11) is 0. The molecular formula is C28H27F2N3O6. The summed E-state index contributed by atoms with van der Waals surface area (Å²) in [4.78, 5) is 38.9. The fourth-order valence-corrected chi connectivity index (χ4v) is 4.64. The topological polar surface area (TPSA) is 119 Å². The third-order valence-corrected chi connectivity index (χ3v) is 6.95. The Morgan fingerprint density at radius 1 is 1.15 bits per heavy atom. The lowest BCUT2D eigenvalue weighted by atomic mass is 10.1. The quantitative estimate of drug-likeness (QED) is 0.382. The molecule has 1 saturated carbocycles. The molecule has 5 rings (SSSR count). The smallest absolute Gasteiger partial charge is 0.356 e. The van der Waals surface area contributed by atoms with Gasteiger partial charge in [-0.3, -0.25) is 14.9 Å². The first kappa shape index (κ1) is 26.5. The number of aromatic nitrogens is 1. The van der Waals surface area contributed by atoms with E-state index in [2.05, 4.69) is 10.6 Å². The van der Waals surface area contributed by atoms with Crippen molar-refractivity contribution in [3.05, 3.63) is 99.0 Å². The van der Waals surface area contributed by atoms with Crippen LogP contribution in [0.3, 0.4) is 0 Å². The summed E-state index contributed by atoms with van der Waals surface area (Å²) in [5.74, 6) is -4.39. The van der Waals surface area contributed by atoms with Crippen LogP contribution in [0.5, 0.6) is 5.75 Å². The number of amides is 1. The minimum Gasteiger partial charge on any atom is -0.482 e. The molecular weight excluding hydrogens is 512 g/mol. The number of ether oxygens (including phenoxy) is 2. The van der Waals surface area contributed by atoms with Gasteiger partial charge < -0.3 is 24.5 Å². The van der Waals surface area contributed by atoms with Crippen molar-refractivity contribution in [3.8, 4) is 5.75 Å². The molecule has 2 aliphatic rings. The molecule has 1 aliphatic heterocycles. The molecule has 1 spiro atoms. The normalized spacial score (nSPS) is 17.5. The zero-order chi connectivity index (χ0) is 27.6. The molecule has 2 fully saturated rings. The van der Waals surface area contributed by atoms with E-state index in [0.29, 0.717) is 18.2 Å². The van der Waals surface area contributed by atoms with Crippen LogP contribution in [0.1, 0.15) is 51.2 Å². The highest BCUT2D eigenvalue weighted by atomic mass is 19.1. The Kier molecular flexibility index (Phi) is 7.45. The van der Waals surface area contributed by atoms with Crippen LogP contribution in [0, 0.1) is 11.6 Å². The molecule has 3 aromatic rings. The number of carboxylic acid groups (broad SMARTS) is 1. The van der Waals surface area contributed by atoms with Gasteiger partial charge in [-0.15, -0.1) is 0 Å². The van der Waals surface area contributed by atoms with E-state index in [1.165, 1.54) is 10.6 Å². The maximum Gasteiger partial charge on any atom is 0.356 e. The first-order valence-corrected chi connectivity index (χ1v) is 12.5. The summed E-state index contributed by atoms with van der Waals surface area (Å²) in [6, 6.07) is 11.8. The number of aromatic carboxylic acids is 1. The van der Waals surface area contributed by atoms with Gasteiger partial charge in [-0.25, -0.2) is 13.6 Å². The molecule has 1 aromatic heterocycles. The Morgan fingerprint density at radius 2 is 1.92 bits per heavy atom. The highest BCUT2D eigenvalue weighted by molar-refractivity contribution is 5.96. The zero-order valence-corrected chi connectivity index (χ0v) is 20.9. The maximum absolute atomic E-state index is 14.1. The molecule has 39 heavy (non-hydrogen) atoms. The van der Waals surface area contributed by atoms with E-state index >= 15 is 0 Å². The van der Waals surface area contributed by atoms with Gasteiger partial charge in [0.1, 0.15) is 30.0 Å². The van der Waals surface area contributed by atoms with Crippen molar-refractivity contribution in [2.75, 3.05) is 6.61 Å². The number of rotatable bonds is 9. The summed E-state index contributed by atoms with van der Waals surface area (Å²) in [5, 5.41) is 15.9. The van der Waals surface area contributed by atoms with E-state index in [4.69, 9.17) is 9.47 Å². The molecule has 1 amide bonds. The third kappa shape index (κ3) is 5.99. The van der Waals surface area contributed by atoms with Gasteiger partial charge in [0.25, 0.3) is 5.91 Å². The van der Waals surface area contributed by atoms with Gasteiger partial charge in [-0.2, -0.15) is 0 Å². The lowest BCUT2D eigenvalue weighted by Crippen LogP contribution is -2.49. The molecule has 1 saturated heterocycles. The number of carboxylic acids is 1. The van der Waals surface area contributed by atoms with Gasteiger partial charge >= 0.3 is 5.97 Å². The monoisotopic (exact) mass is 539 g/mol. The summed E-state index contributed by atoms with van der Waals surface area (Å²) in [6.07, 6.45) is 3.42. The minimum atomic E-state index is -1.41. The van der Waals surface area contributed by atoms with Gasteiger partial charge in [0.2, 0.25) is 5.43 Å². The Labute approximate surface area is 222 Å². The molecule has 204 valence electrons. The van der Waals surface area contributed by atoms with Gasteiger partial charge in [-0.1, -0.05) is 36.4 Å². The molecule has 0 bridgehead atoms. The van der Waals surface area contributed by atoms with E-state index < -0.39 is 46.6 Å². The average Bonchev–Trinajstić information content (AvgIpc) is 3.66. The van der Waals surface area contributed by atoms with Crippen molar-refractivity contribution in [1.82, 2.24) is 15.2 Å². The average molecular weight is 540 g/mol. The SMILES string of the molecule is O=C(NCc1ccc(F)cc1F)c1cn(C[C@H]2NC3(CCO2)CC3)c(C(=O)O)c(OCc2ccccc2)c1=O. The van der Waals surface area contributed by atoms with E-state index in [9.17, 15) is 28.3 Å². The van der Waals surface area contributed by atoms with Crippen molar-refractivity contribution in [1.29, 1.82) is 0 Å². The van der Waals surface area contributed by atoms with Gasteiger partial charge in [0.05, 0.1) is 13.2 Å². The van der Waals surface area contributed by atoms with Crippen LogP contribution in [0.25, 0.3) is 0 Å². The first-order valence-electron chi connectivity index (χ1n) is 12.5. The zero-order valence-electron chi connectivity index (χ0n) is 20.9. The van der Waals surface area contributed by atoms with Crippen molar-refractivity contribution in [2.24, 2.45) is 0 Å². The van der Waals surface area contributed by atoms with Crippen LogP contribution in [-0.4, -0.2) is 39.9 Å². The van der Waals surface area contributed by atoms with E-state index in [1.807, 2.05) is 0 Å². The lowest BCUT2D eigenvalue weighted by Gasteiger charge is -2.32. The molecule has 9 nitrogen and oxygen atoms in total. The predicted molar refractivity (Wildman–Crippen MR) is 135 cm³/mol. The van der Waals surface area contributed by atoms with Crippen LogP contribution < -0.4 is 20.8 Å².